The molecule has 4 nitrogen and oxygen atoms in total. The van der Waals surface area contributed by atoms with Crippen LogP contribution in [0.1, 0.15) is 10.4 Å². The second kappa shape index (κ2) is 5.47. The van der Waals surface area contributed by atoms with Gasteiger partial charge in [-0.2, -0.15) is 0 Å². The quantitative estimate of drug-likeness (QED) is 0.762. The lowest BCUT2D eigenvalue weighted by atomic mass is 10.2. The van der Waals surface area contributed by atoms with E-state index in [1.54, 1.807) is 12.1 Å². The molecular weight excluding hydrogens is 374 g/mol. The van der Waals surface area contributed by atoms with Crippen molar-refractivity contribution in [3.63, 3.8) is 0 Å². The Kier molecular flexibility index (Phi) is 3.81. The molecule has 0 saturated carbocycles. The maximum absolute atomic E-state index is 12.4. The van der Waals surface area contributed by atoms with E-state index in [1.807, 2.05) is 30.3 Å². The molecule has 1 aliphatic rings. The molecule has 0 bridgehead atoms. The number of amides is 1. The minimum Gasteiger partial charge on any atom is -0.268 e. The maximum Gasteiger partial charge on any atom is 0.270 e. The Morgan fingerprint density at radius 1 is 1.05 bits per heavy atom. The first-order valence-corrected chi connectivity index (χ1v) is 9.27. The van der Waals surface area contributed by atoms with Crippen molar-refractivity contribution in [1.82, 2.24) is 4.31 Å². The van der Waals surface area contributed by atoms with E-state index in [0.29, 0.717) is 4.47 Å². The number of carbonyl (C=O) groups excluding carboxylic acids is 1. The summed E-state index contributed by atoms with van der Waals surface area (Å²) in [4.78, 5) is 13.3. The Labute approximate surface area is 135 Å². The second-order valence-corrected chi connectivity index (χ2v) is 8.06. The van der Waals surface area contributed by atoms with Crippen molar-refractivity contribution in [1.29, 1.82) is 0 Å². The number of fused-ring (bicyclic) bond motifs is 1. The summed E-state index contributed by atoms with van der Waals surface area (Å²) < 4.78 is 26.3. The van der Waals surface area contributed by atoms with Gasteiger partial charge in [-0.1, -0.05) is 24.3 Å². The van der Waals surface area contributed by atoms with Crippen molar-refractivity contribution in [2.75, 3.05) is 5.88 Å². The van der Waals surface area contributed by atoms with Crippen molar-refractivity contribution in [3.05, 3.63) is 58.6 Å². The van der Waals surface area contributed by atoms with Crippen LogP contribution in [0.25, 0.3) is 0 Å². The summed E-state index contributed by atoms with van der Waals surface area (Å²) in [5, 5.41) is 0. The standard InChI is InChI=1S/C14H10BrNO3S2/c15-11-7-4-8-12-13(11)14(17)16(21(12,18)19)9-20-10-5-2-1-3-6-10/h1-8H,9H2. The summed E-state index contributed by atoms with van der Waals surface area (Å²) in [5.41, 5.74) is 0.214. The zero-order chi connectivity index (χ0) is 15.0. The van der Waals surface area contributed by atoms with E-state index < -0.39 is 15.9 Å². The highest BCUT2D eigenvalue weighted by atomic mass is 79.9. The van der Waals surface area contributed by atoms with Crippen molar-refractivity contribution in [2.45, 2.75) is 9.79 Å². The number of thioether (sulfide) groups is 1. The van der Waals surface area contributed by atoms with Crippen LogP contribution in [0.2, 0.25) is 0 Å². The third-order valence-electron chi connectivity index (χ3n) is 3.08. The van der Waals surface area contributed by atoms with Crippen molar-refractivity contribution in [2.24, 2.45) is 0 Å². The van der Waals surface area contributed by atoms with Crippen LogP contribution >= 0.6 is 27.7 Å². The van der Waals surface area contributed by atoms with Gasteiger partial charge in [0.1, 0.15) is 4.90 Å². The van der Waals surface area contributed by atoms with E-state index in [9.17, 15) is 13.2 Å². The molecule has 0 aliphatic carbocycles. The number of rotatable bonds is 3. The number of hydrogen-bond donors (Lipinski definition) is 0. The van der Waals surface area contributed by atoms with Gasteiger partial charge in [0.25, 0.3) is 15.9 Å². The third kappa shape index (κ3) is 2.49. The smallest absolute Gasteiger partial charge is 0.268 e. The number of nitrogens with zero attached hydrogens (tertiary/aromatic N) is 1. The molecule has 2 aromatic carbocycles. The Hall–Kier alpha value is -1.31. The van der Waals surface area contributed by atoms with Crippen LogP contribution in [0.3, 0.4) is 0 Å². The highest BCUT2D eigenvalue weighted by molar-refractivity contribution is 9.10. The Bertz CT molecular complexity index is 806. The van der Waals surface area contributed by atoms with Gasteiger partial charge in [-0.15, -0.1) is 11.8 Å². The molecule has 0 atom stereocenters. The first-order chi connectivity index (χ1) is 10.0. The molecule has 1 amide bonds. The molecular formula is C14H10BrNO3S2. The molecule has 0 aromatic heterocycles. The average Bonchev–Trinajstić information content (AvgIpc) is 2.66. The van der Waals surface area contributed by atoms with Gasteiger partial charge in [-0.05, 0) is 40.2 Å². The third-order valence-corrected chi connectivity index (χ3v) is 6.66. The molecule has 0 unspecified atom stereocenters. The fraction of sp³-hybridized carbons (Fsp3) is 0.0714. The van der Waals surface area contributed by atoms with E-state index in [1.165, 1.54) is 17.8 Å². The van der Waals surface area contributed by atoms with Crippen molar-refractivity contribution in [3.8, 4) is 0 Å². The van der Waals surface area contributed by atoms with Gasteiger partial charge >= 0.3 is 0 Å². The Morgan fingerprint density at radius 2 is 1.76 bits per heavy atom. The predicted molar refractivity (Wildman–Crippen MR) is 84.7 cm³/mol. The normalized spacial score (nSPS) is 16.0. The van der Waals surface area contributed by atoms with Crippen LogP contribution in [0.4, 0.5) is 0 Å². The van der Waals surface area contributed by atoms with E-state index in [0.717, 1.165) is 9.20 Å². The zero-order valence-corrected chi connectivity index (χ0v) is 13.9. The molecule has 0 fully saturated rings. The predicted octanol–water partition coefficient (Wildman–Crippen LogP) is 3.34. The molecule has 0 spiro atoms. The maximum atomic E-state index is 12.4. The van der Waals surface area contributed by atoms with E-state index >= 15 is 0 Å². The molecule has 108 valence electrons. The van der Waals surface area contributed by atoms with Crippen LogP contribution in [-0.4, -0.2) is 24.5 Å². The number of benzene rings is 2. The topological polar surface area (TPSA) is 54.5 Å². The monoisotopic (exact) mass is 383 g/mol. The molecule has 0 radical (unpaired) electrons. The molecule has 7 heteroatoms. The summed E-state index contributed by atoms with van der Waals surface area (Å²) >= 11 is 4.55. The zero-order valence-electron chi connectivity index (χ0n) is 10.7. The molecule has 0 saturated heterocycles. The van der Waals surface area contributed by atoms with Gasteiger partial charge in [-0.25, -0.2) is 12.7 Å². The lowest BCUT2D eigenvalue weighted by molar-refractivity contribution is 0.0886. The number of hydrogen-bond acceptors (Lipinski definition) is 4. The molecule has 21 heavy (non-hydrogen) atoms. The number of sulfonamides is 1. The number of carbonyl (C=O) groups is 1. The first-order valence-electron chi connectivity index (χ1n) is 6.05. The lowest BCUT2D eigenvalue weighted by Gasteiger charge is -2.14. The van der Waals surface area contributed by atoms with E-state index in [4.69, 9.17) is 0 Å². The van der Waals surface area contributed by atoms with Crippen molar-refractivity contribution < 1.29 is 13.2 Å². The second-order valence-electron chi connectivity index (χ2n) is 4.36. The first kappa shape index (κ1) is 14.6. The van der Waals surface area contributed by atoms with E-state index in [2.05, 4.69) is 15.9 Å². The van der Waals surface area contributed by atoms with Gasteiger partial charge in [0.15, 0.2) is 0 Å². The van der Waals surface area contributed by atoms with Gasteiger partial charge in [0, 0.05) is 9.37 Å². The summed E-state index contributed by atoms with van der Waals surface area (Å²) in [7, 11) is -3.76. The highest BCUT2D eigenvalue weighted by Crippen LogP contribution is 2.36. The number of halogens is 1. The molecule has 1 heterocycles. The largest absolute Gasteiger partial charge is 0.270 e. The highest BCUT2D eigenvalue weighted by Gasteiger charge is 2.42. The summed E-state index contributed by atoms with van der Waals surface area (Å²) in [5.74, 6) is -0.423. The molecule has 2 aromatic rings. The van der Waals surface area contributed by atoms with Gasteiger partial charge in [0.2, 0.25) is 0 Å². The van der Waals surface area contributed by atoms with Gasteiger partial charge in [-0.3, -0.25) is 4.79 Å². The van der Waals surface area contributed by atoms with Crippen LogP contribution in [0, 0.1) is 0 Å². The average molecular weight is 384 g/mol. The molecule has 1 aliphatic heterocycles. The van der Waals surface area contributed by atoms with Crippen molar-refractivity contribution >= 4 is 43.6 Å². The molecule has 0 N–H and O–H groups in total. The van der Waals surface area contributed by atoms with Crippen LogP contribution in [0.5, 0.6) is 0 Å². The molecule has 3 rings (SSSR count). The van der Waals surface area contributed by atoms with E-state index in [-0.39, 0.29) is 16.3 Å². The van der Waals surface area contributed by atoms with Crippen LogP contribution in [0.15, 0.2) is 62.8 Å². The SMILES string of the molecule is O=C1c2c(Br)cccc2S(=O)(=O)N1CSc1ccccc1. The minimum atomic E-state index is -3.76. The lowest BCUT2D eigenvalue weighted by Crippen LogP contribution is -2.29. The fourth-order valence-corrected chi connectivity index (χ4v) is 5.42. The van der Waals surface area contributed by atoms with Gasteiger partial charge in [0.05, 0.1) is 11.4 Å². The Balaban J connectivity index is 1.92. The summed E-state index contributed by atoms with van der Waals surface area (Å²) in [6.07, 6.45) is 0. The van der Waals surface area contributed by atoms with Crippen LogP contribution < -0.4 is 0 Å². The van der Waals surface area contributed by atoms with Gasteiger partial charge < -0.3 is 0 Å². The minimum absolute atomic E-state index is 0.0618. The summed E-state index contributed by atoms with van der Waals surface area (Å²) in [6.45, 7) is 0. The van der Waals surface area contributed by atoms with Crippen LogP contribution in [-0.2, 0) is 10.0 Å². The Morgan fingerprint density at radius 3 is 2.43 bits per heavy atom. The fourth-order valence-electron chi connectivity index (χ4n) is 2.06. The summed E-state index contributed by atoms with van der Waals surface area (Å²) in [6, 6.07) is 14.1.